The molecular weight excluding hydrogens is 338 g/mol. The van der Waals surface area contributed by atoms with Crippen LogP contribution in [0.2, 0.25) is 0 Å². The first kappa shape index (κ1) is 17.3. The number of imide groups is 1. The minimum absolute atomic E-state index is 0.281. The Kier molecular flexibility index (Phi) is 4.40. The quantitative estimate of drug-likeness (QED) is 0.603. The number of ether oxygens (including phenoxy) is 1. The molecule has 4 heteroatoms. The minimum atomic E-state index is -0.321. The number of rotatable bonds is 5. The van der Waals surface area contributed by atoms with E-state index in [0.29, 0.717) is 29.2 Å². The minimum Gasteiger partial charge on any atom is -0.493 e. The summed E-state index contributed by atoms with van der Waals surface area (Å²) in [5.74, 6) is -0.125. The fourth-order valence-corrected chi connectivity index (χ4v) is 3.81. The molecule has 0 aliphatic carbocycles. The van der Waals surface area contributed by atoms with E-state index in [0.717, 1.165) is 29.2 Å². The van der Waals surface area contributed by atoms with E-state index in [1.807, 2.05) is 49.4 Å². The average Bonchev–Trinajstić information content (AvgIpc) is 2.94. The van der Waals surface area contributed by atoms with Gasteiger partial charge in [-0.1, -0.05) is 49.7 Å². The first-order valence-electron chi connectivity index (χ1n) is 9.32. The van der Waals surface area contributed by atoms with E-state index in [-0.39, 0.29) is 11.8 Å². The van der Waals surface area contributed by atoms with Crippen LogP contribution in [0, 0.1) is 0 Å². The second kappa shape index (κ2) is 6.88. The van der Waals surface area contributed by atoms with Crippen molar-refractivity contribution in [3.05, 3.63) is 71.3 Å². The molecule has 0 saturated heterocycles. The molecule has 3 aromatic rings. The zero-order valence-corrected chi connectivity index (χ0v) is 15.5. The zero-order valence-electron chi connectivity index (χ0n) is 15.5. The Labute approximate surface area is 158 Å². The van der Waals surface area contributed by atoms with Crippen LogP contribution in [0.5, 0.6) is 5.75 Å². The molecular formula is C23H21NO3. The number of aryl methyl sites for hydroxylation is 1. The fraction of sp³-hybridized carbons (Fsp3) is 0.217. The number of para-hydroxylation sites is 1. The smallest absolute Gasteiger partial charge is 0.269 e. The predicted molar refractivity (Wildman–Crippen MR) is 107 cm³/mol. The van der Waals surface area contributed by atoms with Gasteiger partial charge >= 0.3 is 0 Å². The van der Waals surface area contributed by atoms with E-state index in [4.69, 9.17) is 4.74 Å². The number of nitrogens with zero attached hydrogens (tertiary/aromatic N) is 1. The van der Waals surface area contributed by atoms with Gasteiger partial charge in [0.2, 0.25) is 0 Å². The molecule has 4 nitrogen and oxygen atoms in total. The summed E-state index contributed by atoms with van der Waals surface area (Å²) in [6, 6.07) is 16.9. The Bertz CT molecular complexity index is 1040. The largest absolute Gasteiger partial charge is 0.493 e. The fourth-order valence-electron chi connectivity index (χ4n) is 3.81. The van der Waals surface area contributed by atoms with Crippen molar-refractivity contribution in [3.8, 4) is 5.75 Å². The van der Waals surface area contributed by atoms with Crippen molar-refractivity contribution in [3.63, 3.8) is 0 Å². The van der Waals surface area contributed by atoms with Gasteiger partial charge in [-0.25, -0.2) is 4.90 Å². The van der Waals surface area contributed by atoms with Gasteiger partial charge in [0.05, 0.1) is 23.4 Å². The summed E-state index contributed by atoms with van der Waals surface area (Å²) in [5.41, 5.74) is 2.51. The lowest BCUT2D eigenvalue weighted by atomic mass is 9.93. The summed E-state index contributed by atoms with van der Waals surface area (Å²) in [6.07, 6.45) is 1.82. The SMILES string of the molecule is CCCc1cccc2cc(OCC)c3c(c12)C(=O)N(c1ccccc1)C3=O. The molecule has 0 atom stereocenters. The van der Waals surface area contributed by atoms with E-state index in [1.54, 1.807) is 12.1 Å². The van der Waals surface area contributed by atoms with Crippen molar-refractivity contribution in [1.82, 2.24) is 0 Å². The standard InChI is InChI=1S/C23H21NO3/c1-3-9-15-10-8-11-16-14-18(27-4-2)20-21(19(15)16)23(26)24(22(20)25)17-12-6-5-7-13-17/h5-8,10-14H,3-4,9H2,1-2H3. The molecule has 0 aromatic heterocycles. The summed E-state index contributed by atoms with van der Waals surface area (Å²) in [5, 5.41) is 1.80. The van der Waals surface area contributed by atoms with Gasteiger partial charge in [0.1, 0.15) is 5.75 Å². The van der Waals surface area contributed by atoms with Crippen LogP contribution in [-0.4, -0.2) is 18.4 Å². The molecule has 136 valence electrons. The van der Waals surface area contributed by atoms with Crippen LogP contribution in [0.1, 0.15) is 46.5 Å². The van der Waals surface area contributed by atoms with Crippen LogP contribution in [0.25, 0.3) is 10.8 Å². The second-order valence-corrected chi connectivity index (χ2v) is 6.60. The van der Waals surface area contributed by atoms with Crippen molar-refractivity contribution >= 4 is 28.3 Å². The summed E-state index contributed by atoms with van der Waals surface area (Å²) < 4.78 is 5.76. The molecule has 4 rings (SSSR count). The molecule has 0 N–H and O–H groups in total. The van der Waals surface area contributed by atoms with Crippen LogP contribution >= 0.6 is 0 Å². The molecule has 0 spiro atoms. The number of hydrogen-bond donors (Lipinski definition) is 0. The molecule has 0 unspecified atom stereocenters. The maximum atomic E-state index is 13.4. The van der Waals surface area contributed by atoms with Crippen LogP contribution in [-0.2, 0) is 6.42 Å². The lowest BCUT2D eigenvalue weighted by Gasteiger charge is -2.13. The van der Waals surface area contributed by atoms with E-state index in [2.05, 4.69) is 6.92 Å². The predicted octanol–water partition coefficient (Wildman–Crippen LogP) is 4.99. The zero-order chi connectivity index (χ0) is 19.0. The topological polar surface area (TPSA) is 46.6 Å². The van der Waals surface area contributed by atoms with E-state index < -0.39 is 0 Å². The molecule has 0 saturated carbocycles. The maximum Gasteiger partial charge on any atom is 0.269 e. The third kappa shape index (κ3) is 2.69. The molecule has 1 aliphatic heterocycles. The molecule has 0 bridgehead atoms. The lowest BCUT2D eigenvalue weighted by molar-refractivity contribution is 0.0925. The van der Waals surface area contributed by atoms with Crippen molar-refractivity contribution in [1.29, 1.82) is 0 Å². The van der Waals surface area contributed by atoms with Crippen LogP contribution < -0.4 is 9.64 Å². The first-order valence-corrected chi connectivity index (χ1v) is 9.32. The van der Waals surface area contributed by atoms with Crippen molar-refractivity contribution in [2.24, 2.45) is 0 Å². The average molecular weight is 359 g/mol. The van der Waals surface area contributed by atoms with Crippen LogP contribution in [0.15, 0.2) is 54.6 Å². The van der Waals surface area contributed by atoms with Crippen molar-refractivity contribution in [2.45, 2.75) is 26.7 Å². The van der Waals surface area contributed by atoms with Crippen LogP contribution in [0.4, 0.5) is 5.69 Å². The number of carbonyl (C=O) groups excluding carboxylic acids is 2. The van der Waals surface area contributed by atoms with Gasteiger partial charge in [-0.2, -0.15) is 0 Å². The number of hydrogen-bond acceptors (Lipinski definition) is 3. The molecule has 27 heavy (non-hydrogen) atoms. The number of fused-ring (bicyclic) bond motifs is 3. The highest BCUT2D eigenvalue weighted by atomic mass is 16.5. The Morgan fingerprint density at radius 1 is 0.889 bits per heavy atom. The van der Waals surface area contributed by atoms with E-state index in [1.165, 1.54) is 4.90 Å². The molecule has 1 aliphatic rings. The normalized spacial score (nSPS) is 13.3. The van der Waals surface area contributed by atoms with Crippen LogP contribution in [0.3, 0.4) is 0 Å². The van der Waals surface area contributed by atoms with E-state index in [9.17, 15) is 9.59 Å². The van der Waals surface area contributed by atoms with Gasteiger partial charge in [-0.3, -0.25) is 9.59 Å². The van der Waals surface area contributed by atoms with Gasteiger partial charge in [0.25, 0.3) is 11.8 Å². The molecule has 3 aromatic carbocycles. The van der Waals surface area contributed by atoms with E-state index >= 15 is 0 Å². The van der Waals surface area contributed by atoms with Gasteiger partial charge in [-0.15, -0.1) is 0 Å². The second-order valence-electron chi connectivity index (χ2n) is 6.60. The Hall–Kier alpha value is -3.14. The highest BCUT2D eigenvalue weighted by molar-refractivity contribution is 6.38. The van der Waals surface area contributed by atoms with Gasteiger partial charge in [0, 0.05) is 0 Å². The molecule has 0 fully saturated rings. The Morgan fingerprint density at radius 3 is 2.33 bits per heavy atom. The summed E-state index contributed by atoms with van der Waals surface area (Å²) in [6.45, 7) is 4.41. The van der Waals surface area contributed by atoms with Crippen molar-refractivity contribution < 1.29 is 14.3 Å². The summed E-state index contributed by atoms with van der Waals surface area (Å²) in [4.78, 5) is 27.9. The Morgan fingerprint density at radius 2 is 1.63 bits per heavy atom. The van der Waals surface area contributed by atoms with Crippen molar-refractivity contribution in [2.75, 3.05) is 11.5 Å². The third-order valence-electron chi connectivity index (χ3n) is 4.88. The number of benzene rings is 3. The first-order chi connectivity index (χ1) is 13.2. The third-order valence-corrected chi connectivity index (χ3v) is 4.88. The van der Waals surface area contributed by atoms with Gasteiger partial charge in [-0.05, 0) is 47.9 Å². The number of carbonyl (C=O) groups is 2. The number of amides is 2. The number of anilines is 1. The monoisotopic (exact) mass is 359 g/mol. The molecule has 2 amide bonds. The molecule has 1 heterocycles. The summed E-state index contributed by atoms with van der Waals surface area (Å²) in [7, 11) is 0. The highest BCUT2D eigenvalue weighted by Gasteiger charge is 2.41. The maximum absolute atomic E-state index is 13.4. The molecule has 0 radical (unpaired) electrons. The summed E-state index contributed by atoms with van der Waals surface area (Å²) >= 11 is 0. The van der Waals surface area contributed by atoms with Gasteiger partial charge in [0.15, 0.2) is 0 Å². The lowest BCUT2D eigenvalue weighted by Crippen LogP contribution is -2.29. The Balaban J connectivity index is 2.02. The highest BCUT2D eigenvalue weighted by Crippen LogP contribution is 2.40. The van der Waals surface area contributed by atoms with Gasteiger partial charge < -0.3 is 4.74 Å².